The number of rotatable bonds is 2. The van der Waals surface area contributed by atoms with Crippen molar-refractivity contribution in [3.05, 3.63) is 0 Å². The van der Waals surface area contributed by atoms with Crippen molar-refractivity contribution >= 4 is 18.5 Å². The Bertz CT molecular complexity index is 456. The second kappa shape index (κ2) is 6.36. The minimum Gasteiger partial charge on any atom is -0.444 e. The summed E-state index contributed by atoms with van der Waals surface area (Å²) in [5.74, 6) is 0. The van der Waals surface area contributed by atoms with Crippen LogP contribution in [0.15, 0.2) is 10.2 Å². The zero-order valence-corrected chi connectivity index (χ0v) is 15.0. The molecule has 0 spiro atoms. The largest absolute Gasteiger partial charge is 0.444 e. The molecule has 0 radical (unpaired) electrons. The highest BCUT2D eigenvalue weighted by Crippen LogP contribution is 2.28. The molecule has 0 saturated carbocycles. The Morgan fingerprint density at radius 1 is 1.23 bits per heavy atom. The first-order valence-electron chi connectivity index (χ1n) is 7.56. The molecule has 1 aliphatic heterocycles. The monoisotopic (exact) mass is 311 g/mol. The van der Waals surface area contributed by atoms with E-state index in [0.717, 1.165) is 0 Å². The normalized spacial score (nSPS) is 22.7. The molecule has 1 atom stereocenters. The van der Waals surface area contributed by atoms with Gasteiger partial charge in [0.25, 0.3) is 0 Å². The molecule has 1 heterocycles. The van der Waals surface area contributed by atoms with E-state index in [-0.39, 0.29) is 11.5 Å². The molecule has 1 amide bonds. The Balaban J connectivity index is 2.84. The fourth-order valence-corrected chi connectivity index (χ4v) is 1.93. The molecule has 6 heteroatoms. The van der Waals surface area contributed by atoms with Crippen molar-refractivity contribution in [2.45, 2.75) is 72.8 Å². The molecule has 0 N–H and O–H groups in total. The fraction of sp³-hybridized carbons (Fsp3) is 0.812. The molecule has 0 bridgehead atoms. The maximum atomic E-state index is 12.4. The third-order valence-corrected chi connectivity index (χ3v) is 2.86. The highest BCUT2D eigenvalue weighted by Gasteiger charge is 2.45. The number of hydrogen-bond acceptors (Lipinski definition) is 5. The van der Waals surface area contributed by atoms with Crippen LogP contribution in [0.5, 0.6) is 0 Å². The lowest BCUT2D eigenvalue weighted by Gasteiger charge is -2.33. The Morgan fingerprint density at radius 3 is 2.32 bits per heavy atom. The number of ether oxygens (including phenoxy) is 2. The van der Waals surface area contributed by atoms with Gasteiger partial charge < -0.3 is 9.47 Å². The summed E-state index contributed by atoms with van der Waals surface area (Å²) < 4.78 is 11.1. The lowest BCUT2D eigenvalue weighted by molar-refractivity contribution is -0.0604. The number of hydrogen-bond donors (Lipinski definition) is 0. The molecule has 1 rings (SSSR count). The van der Waals surface area contributed by atoms with E-state index >= 15 is 0 Å². The number of amides is 1. The SMILES string of the molecule is CC(C)(C)/C=N/N=C/[C@@H]1COC(C)(C)N1C(=O)OC(C)(C)C. The number of carbonyl (C=O) groups is 1. The van der Waals surface area contributed by atoms with Crippen molar-refractivity contribution in [2.75, 3.05) is 6.61 Å². The van der Waals surface area contributed by atoms with Crippen molar-refractivity contribution in [2.24, 2.45) is 15.6 Å². The smallest absolute Gasteiger partial charge is 0.413 e. The van der Waals surface area contributed by atoms with E-state index in [4.69, 9.17) is 9.47 Å². The molecule has 0 aromatic rings. The van der Waals surface area contributed by atoms with Crippen LogP contribution < -0.4 is 0 Å². The van der Waals surface area contributed by atoms with Crippen LogP contribution >= 0.6 is 0 Å². The van der Waals surface area contributed by atoms with Gasteiger partial charge >= 0.3 is 6.09 Å². The van der Waals surface area contributed by atoms with Gasteiger partial charge in [-0.15, -0.1) is 0 Å². The molecule has 22 heavy (non-hydrogen) atoms. The first-order chi connectivity index (χ1) is 9.82. The summed E-state index contributed by atoms with van der Waals surface area (Å²) in [4.78, 5) is 14.0. The topological polar surface area (TPSA) is 63.5 Å². The minimum absolute atomic E-state index is 0.0341. The summed E-state index contributed by atoms with van der Waals surface area (Å²) in [6.07, 6.45) is 2.98. The van der Waals surface area contributed by atoms with E-state index in [1.54, 1.807) is 17.3 Å². The van der Waals surface area contributed by atoms with Crippen LogP contribution in [0.1, 0.15) is 55.4 Å². The summed E-state index contributed by atoms with van der Waals surface area (Å²) in [6, 6.07) is -0.290. The summed E-state index contributed by atoms with van der Waals surface area (Å²) >= 11 is 0. The van der Waals surface area contributed by atoms with E-state index in [2.05, 4.69) is 10.2 Å². The van der Waals surface area contributed by atoms with E-state index in [1.807, 2.05) is 55.4 Å². The van der Waals surface area contributed by atoms with Gasteiger partial charge in [-0.1, -0.05) is 20.8 Å². The lowest BCUT2D eigenvalue weighted by atomic mass is 9.99. The van der Waals surface area contributed by atoms with Gasteiger partial charge in [-0.2, -0.15) is 10.2 Å². The first kappa shape index (κ1) is 18.6. The molecule has 1 aliphatic rings. The highest BCUT2D eigenvalue weighted by atomic mass is 16.6. The predicted molar refractivity (Wildman–Crippen MR) is 88.3 cm³/mol. The number of carbonyl (C=O) groups excluding carboxylic acids is 1. The average molecular weight is 311 g/mol. The molecular weight excluding hydrogens is 282 g/mol. The van der Waals surface area contributed by atoms with Gasteiger partial charge in [0, 0.05) is 6.21 Å². The van der Waals surface area contributed by atoms with E-state index < -0.39 is 17.4 Å². The summed E-state index contributed by atoms with van der Waals surface area (Å²) in [5.41, 5.74) is -1.32. The minimum atomic E-state index is -0.729. The predicted octanol–water partition coefficient (Wildman–Crippen LogP) is 3.46. The van der Waals surface area contributed by atoms with E-state index in [0.29, 0.717) is 6.61 Å². The van der Waals surface area contributed by atoms with Crippen molar-refractivity contribution in [1.82, 2.24) is 4.90 Å². The number of nitrogens with zero attached hydrogens (tertiary/aromatic N) is 3. The molecule has 0 unspecified atom stereocenters. The highest BCUT2D eigenvalue weighted by molar-refractivity contribution is 5.77. The second-order valence-corrected chi connectivity index (χ2v) is 8.05. The molecule has 126 valence electrons. The lowest BCUT2D eigenvalue weighted by Crippen LogP contribution is -2.50. The summed E-state index contributed by atoms with van der Waals surface area (Å²) in [7, 11) is 0. The van der Waals surface area contributed by atoms with Crippen LogP contribution in [0.25, 0.3) is 0 Å². The van der Waals surface area contributed by atoms with Gasteiger partial charge in [-0.25, -0.2) is 4.79 Å². The molecule has 6 nitrogen and oxygen atoms in total. The van der Waals surface area contributed by atoms with E-state index in [1.165, 1.54) is 0 Å². The summed E-state index contributed by atoms with van der Waals surface area (Å²) in [6.45, 7) is 15.7. The zero-order valence-electron chi connectivity index (χ0n) is 15.0. The average Bonchev–Trinajstić information content (AvgIpc) is 2.56. The van der Waals surface area contributed by atoms with Crippen LogP contribution in [0.3, 0.4) is 0 Å². The van der Waals surface area contributed by atoms with Gasteiger partial charge in [0.1, 0.15) is 11.3 Å². The van der Waals surface area contributed by atoms with E-state index in [9.17, 15) is 4.79 Å². The standard InChI is InChI=1S/C16H29N3O3/c1-14(2,3)11-18-17-9-12-10-21-16(7,8)19(12)13(20)22-15(4,5)6/h9,11-12H,10H2,1-8H3/b17-9+,18-11+/t12-/m1/s1. The zero-order chi connectivity index (χ0) is 17.2. The van der Waals surface area contributed by atoms with Crippen molar-refractivity contribution in [3.8, 4) is 0 Å². The third-order valence-electron chi connectivity index (χ3n) is 2.86. The van der Waals surface area contributed by atoms with Crippen molar-refractivity contribution < 1.29 is 14.3 Å². The van der Waals surface area contributed by atoms with Gasteiger partial charge in [0.15, 0.2) is 0 Å². The fourth-order valence-electron chi connectivity index (χ4n) is 1.93. The molecule has 1 saturated heterocycles. The molecular formula is C16H29N3O3. The Hall–Kier alpha value is -1.43. The van der Waals surface area contributed by atoms with Gasteiger partial charge in [0.05, 0.1) is 18.9 Å². The van der Waals surface area contributed by atoms with Crippen LogP contribution in [0.2, 0.25) is 0 Å². The molecule has 1 fully saturated rings. The molecule has 0 aromatic heterocycles. The van der Waals surface area contributed by atoms with Crippen LogP contribution in [-0.2, 0) is 9.47 Å². The van der Waals surface area contributed by atoms with Gasteiger partial charge in [-0.05, 0) is 40.0 Å². The van der Waals surface area contributed by atoms with Crippen LogP contribution in [0.4, 0.5) is 4.79 Å². The Morgan fingerprint density at radius 2 is 1.82 bits per heavy atom. The maximum absolute atomic E-state index is 12.4. The second-order valence-electron chi connectivity index (χ2n) is 8.05. The molecule has 0 aliphatic carbocycles. The Kier molecular flexibility index (Phi) is 5.38. The van der Waals surface area contributed by atoms with Crippen LogP contribution in [0, 0.1) is 5.41 Å². The third kappa shape index (κ3) is 5.75. The van der Waals surface area contributed by atoms with Crippen molar-refractivity contribution in [3.63, 3.8) is 0 Å². The van der Waals surface area contributed by atoms with Crippen molar-refractivity contribution in [1.29, 1.82) is 0 Å². The molecule has 0 aromatic carbocycles. The quantitative estimate of drug-likeness (QED) is 0.579. The Labute approximate surface area is 133 Å². The first-order valence-corrected chi connectivity index (χ1v) is 7.56. The summed E-state index contributed by atoms with van der Waals surface area (Å²) in [5, 5.41) is 8.08. The van der Waals surface area contributed by atoms with Gasteiger partial charge in [0.2, 0.25) is 0 Å². The van der Waals surface area contributed by atoms with Crippen LogP contribution in [-0.4, -0.2) is 47.4 Å². The maximum Gasteiger partial charge on any atom is 0.413 e. The van der Waals surface area contributed by atoms with Gasteiger partial charge in [-0.3, -0.25) is 4.90 Å².